The molecule has 0 saturated heterocycles. The van der Waals surface area contributed by atoms with Crippen LogP contribution in [0.5, 0.6) is 0 Å². The maximum atomic E-state index is 9.12. The van der Waals surface area contributed by atoms with Crippen LogP contribution in [0, 0.1) is 0 Å². The molecule has 0 rings (SSSR count). The van der Waals surface area contributed by atoms with Crippen molar-refractivity contribution in [1.29, 1.82) is 0 Å². The molecule has 4 heavy (non-hydrogen) atoms. The van der Waals surface area contributed by atoms with Gasteiger partial charge in [0, 0.05) is 0 Å². The molecule has 20 valence electrons. The van der Waals surface area contributed by atoms with E-state index in [0.717, 1.165) is 2.38 Å². The molecule has 0 aromatic heterocycles. The molecular formula is CHCaClO. The van der Waals surface area contributed by atoms with E-state index in [0.29, 0.717) is 0 Å². The number of carbonyl (C=O) groups is 1. The summed E-state index contributed by atoms with van der Waals surface area (Å²) in [6.45, 7) is 0. The van der Waals surface area contributed by atoms with Crippen molar-refractivity contribution < 1.29 is 4.79 Å². The van der Waals surface area contributed by atoms with E-state index in [1.807, 2.05) is 0 Å². The first kappa shape index (κ1) is 5.22. The Morgan fingerprint density at radius 1 is 2.00 bits per heavy atom. The molecule has 0 atom stereocenters. The van der Waals surface area contributed by atoms with Gasteiger partial charge in [0.2, 0.25) is 0 Å². The first-order chi connectivity index (χ1) is 1.91. The topological polar surface area (TPSA) is 17.1 Å². The number of halogens is 1. The molecule has 0 unspecified atom stereocenters. The van der Waals surface area contributed by atoms with E-state index in [-0.39, 0.29) is 0 Å². The van der Waals surface area contributed by atoms with Gasteiger partial charge in [-0.1, -0.05) is 0 Å². The fourth-order valence-electron chi connectivity index (χ4n) is 0. The van der Waals surface area contributed by atoms with E-state index in [1.54, 1.807) is 0 Å². The van der Waals surface area contributed by atoms with Crippen molar-refractivity contribution in [2.24, 2.45) is 0 Å². The van der Waals surface area contributed by atoms with Crippen LogP contribution in [0.1, 0.15) is 0 Å². The fourth-order valence-corrected chi connectivity index (χ4v) is 0. The van der Waals surface area contributed by atoms with Gasteiger partial charge in [-0.25, -0.2) is 0 Å². The average molecular weight is 105 g/mol. The monoisotopic (exact) mass is 104 g/mol. The van der Waals surface area contributed by atoms with Gasteiger partial charge in [0.1, 0.15) is 0 Å². The summed E-state index contributed by atoms with van der Waals surface area (Å²) in [5, 5.41) is 0. The molecular weight excluding hydrogens is 104 g/mol. The van der Waals surface area contributed by atoms with Gasteiger partial charge in [0.05, 0.1) is 0 Å². The van der Waals surface area contributed by atoms with Gasteiger partial charge in [-0.3, -0.25) is 0 Å². The molecule has 0 amide bonds. The Morgan fingerprint density at radius 3 is 2.25 bits per heavy atom. The van der Waals surface area contributed by atoms with Crippen LogP contribution in [-0.4, -0.2) is 34.7 Å². The minimum absolute atomic E-state index is 0.828. The summed E-state index contributed by atoms with van der Waals surface area (Å²) in [5.74, 6) is 0. The summed E-state index contributed by atoms with van der Waals surface area (Å²) in [6, 6.07) is 0. The molecule has 0 heterocycles. The quantitative estimate of drug-likeness (QED) is 0.339. The zero-order valence-electron chi connectivity index (χ0n) is 2.07. The number of hydrogen-bond donors (Lipinski definition) is 0. The summed E-state index contributed by atoms with van der Waals surface area (Å²) in [4.78, 5) is 9.12. The van der Waals surface area contributed by atoms with Crippen LogP contribution in [0.3, 0.4) is 0 Å². The van der Waals surface area contributed by atoms with E-state index >= 15 is 0 Å². The van der Waals surface area contributed by atoms with Crippen molar-refractivity contribution in [1.82, 2.24) is 0 Å². The zero-order chi connectivity index (χ0) is 3.41. The Hall–Kier alpha value is 1.22. The van der Waals surface area contributed by atoms with Gasteiger partial charge in [-0.2, -0.15) is 0 Å². The van der Waals surface area contributed by atoms with Crippen molar-refractivity contribution in [2.45, 2.75) is 0 Å². The third kappa shape index (κ3) is 3.22. The molecule has 0 radical (unpaired) electrons. The fraction of sp³-hybridized carbons (Fsp3) is 0. The van der Waals surface area contributed by atoms with Crippen LogP contribution in [0.4, 0.5) is 0 Å². The van der Waals surface area contributed by atoms with Gasteiger partial charge in [-0.15, -0.1) is 0 Å². The molecule has 0 aliphatic heterocycles. The summed E-state index contributed by atoms with van der Waals surface area (Å²) >= 11 is -1.10. The van der Waals surface area contributed by atoms with Crippen LogP contribution in [0.15, 0.2) is 0 Å². The molecule has 0 N–H and O–H groups in total. The molecule has 0 aliphatic rings. The van der Waals surface area contributed by atoms with Crippen LogP contribution in [-0.2, 0) is 4.79 Å². The van der Waals surface area contributed by atoms with Crippen molar-refractivity contribution in [3.63, 3.8) is 0 Å². The number of carbonyl (C=O) groups excluding carboxylic acids is 1. The predicted molar refractivity (Wildman–Crippen MR) is 18.4 cm³/mol. The number of rotatable bonds is 1. The van der Waals surface area contributed by atoms with Gasteiger partial charge in [-0.05, 0) is 0 Å². The van der Waals surface area contributed by atoms with Crippen molar-refractivity contribution in [2.75, 3.05) is 0 Å². The SMILES string of the molecule is O=[CH][Ca][Cl]. The van der Waals surface area contributed by atoms with Crippen LogP contribution in [0.2, 0.25) is 0 Å². The Morgan fingerprint density at radius 2 is 2.25 bits per heavy atom. The Bertz CT molecular complexity index is 22.0. The molecule has 1 nitrogen and oxygen atoms in total. The molecule has 0 bridgehead atoms. The van der Waals surface area contributed by atoms with Crippen LogP contribution >= 0.6 is 6.39 Å². The third-order valence-electron chi connectivity index (χ3n) is 0.0630. The summed E-state index contributed by atoms with van der Waals surface area (Å²) < 4.78 is 0.828. The van der Waals surface area contributed by atoms with Gasteiger partial charge in [0.25, 0.3) is 0 Å². The molecule has 0 aromatic rings. The summed E-state index contributed by atoms with van der Waals surface area (Å²) in [6.07, 6.45) is 5.01. The zero-order valence-corrected chi connectivity index (χ0v) is 5.03. The van der Waals surface area contributed by atoms with E-state index in [9.17, 15) is 0 Å². The second kappa shape index (κ2) is 4.22. The molecule has 0 saturated carbocycles. The normalized spacial score (nSPS) is 4.25. The Labute approximate surface area is 45.3 Å². The maximum absolute atomic E-state index is 9.12. The molecule has 0 aromatic carbocycles. The second-order valence-corrected chi connectivity index (χ2v) is 2.60. The Kier molecular flexibility index (Phi) is 5.51. The minimum atomic E-state index is -1.10. The summed E-state index contributed by atoms with van der Waals surface area (Å²) in [7, 11) is 0. The molecule has 0 aliphatic carbocycles. The predicted octanol–water partition coefficient (Wildman–Crippen LogP) is 0.0346. The first-order valence-electron chi connectivity index (χ1n) is 0.911. The molecule has 0 fully saturated rings. The van der Waals surface area contributed by atoms with Gasteiger partial charge in [0.15, 0.2) is 0 Å². The molecule has 0 spiro atoms. The van der Waals surface area contributed by atoms with Crippen molar-refractivity contribution >= 4 is 41.1 Å². The average Bonchev–Trinajstić information content (AvgIpc) is 1.37. The number of hydrogen-bond acceptors (Lipinski definition) is 1. The van der Waals surface area contributed by atoms with E-state index in [1.165, 1.54) is 0 Å². The Balaban J connectivity index is 2.30. The van der Waals surface area contributed by atoms with E-state index in [2.05, 4.69) is 0 Å². The van der Waals surface area contributed by atoms with Crippen LogP contribution in [0.25, 0.3) is 0 Å². The standard InChI is InChI=1S/CHO.Ca.ClH/c1-2;;/h1H;;1H/q;+1;/p-1. The van der Waals surface area contributed by atoms with Gasteiger partial charge < -0.3 is 0 Å². The van der Waals surface area contributed by atoms with Crippen LogP contribution < -0.4 is 0 Å². The van der Waals surface area contributed by atoms with E-state index < -0.39 is 32.3 Å². The summed E-state index contributed by atoms with van der Waals surface area (Å²) in [5.41, 5.74) is 0. The van der Waals surface area contributed by atoms with Crippen molar-refractivity contribution in [3.8, 4) is 0 Å². The van der Waals surface area contributed by atoms with Gasteiger partial charge >= 0.3 is 45.9 Å². The van der Waals surface area contributed by atoms with Crippen molar-refractivity contribution in [3.05, 3.63) is 0 Å². The third-order valence-corrected chi connectivity index (χ3v) is 0.779. The first-order valence-corrected chi connectivity index (χ1v) is 5.22. The van der Waals surface area contributed by atoms with E-state index in [4.69, 9.17) is 11.2 Å². The second-order valence-electron chi connectivity index (χ2n) is 0.321. The molecule has 3 heteroatoms.